The van der Waals surface area contributed by atoms with Gasteiger partial charge in [0, 0.05) is 12.1 Å². The van der Waals surface area contributed by atoms with Crippen LogP contribution in [0.15, 0.2) is 24.3 Å². The highest BCUT2D eigenvalue weighted by molar-refractivity contribution is 7.91. The summed E-state index contributed by atoms with van der Waals surface area (Å²) in [5.41, 5.74) is -0.660. The molecular formula is C14H16F3NO3S. The smallest absolute Gasteiger partial charge is 0.352 e. The first-order chi connectivity index (χ1) is 10.2. The standard InChI is InChI=1S/C14H16F3NO3S/c15-14(16,17)12-3-1-11(2-4-12)13(19)18-7-5-10-6-8-22(20,21)9-10/h1-4,10H,5-9H2,(H,18,19). The lowest BCUT2D eigenvalue weighted by atomic mass is 10.1. The van der Waals surface area contributed by atoms with Crippen molar-refractivity contribution in [2.75, 3.05) is 18.1 Å². The molecule has 8 heteroatoms. The van der Waals surface area contributed by atoms with Gasteiger partial charge in [0.05, 0.1) is 17.1 Å². The summed E-state index contributed by atoms with van der Waals surface area (Å²) in [4.78, 5) is 11.8. The monoisotopic (exact) mass is 335 g/mol. The Morgan fingerprint density at radius 3 is 2.36 bits per heavy atom. The van der Waals surface area contributed by atoms with E-state index in [0.717, 1.165) is 24.3 Å². The molecule has 1 aliphatic rings. The van der Waals surface area contributed by atoms with Gasteiger partial charge in [-0.15, -0.1) is 0 Å². The van der Waals surface area contributed by atoms with Crippen LogP contribution in [0.5, 0.6) is 0 Å². The molecule has 4 nitrogen and oxygen atoms in total. The molecule has 0 aliphatic carbocycles. The molecule has 1 N–H and O–H groups in total. The van der Waals surface area contributed by atoms with Gasteiger partial charge in [0.1, 0.15) is 0 Å². The van der Waals surface area contributed by atoms with E-state index in [1.807, 2.05) is 0 Å². The van der Waals surface area contributed by atoms with E-state index in [4.69, 9.17) is 0 Å². The van der Waals surface area contributed by atoms with Crippen LogP contribution in [0.2, 0.25) is 0 Å². The van der Waals surface area contributed by atoms with Gasteiger partial charge in [0.2, 0.25) is 0 Å². The molecule has 1 aliphatic heterocycles. The number of carbonyl (C=O) groups is 1. The van der Waals surface area contributed by atoms with E-state index in [2.05, 4.69) is 5.32 Å². The van der Waals surface area contributed by atoms with Crippen LogP contribution in [-0.4, -0.2) is 32.4 Å². The second-order valence-corrected chi connectivity index (χ2v) is 7.62. The molecule has 0 spiro atoms. The Morgan fingerprint density at radius 2 is 1.86 bits per heavy atom. The Kier molecular flexibility index (Phi) is 4.79. The highest BCUT2D eigenvalue weighted by atomic mass is 32.2. The molecule has 1 aromatic carbocycles. The van der Waals surface area contributed by atoms with Crippen LogP contribution in [0.25, 0.3) is 0 Å². The second kappa shape index (κ2) is 6.28. The largest absolute Gasteiger partial charge is 0.416 e. The maximum atomic E-state index is 12.4. The molecule has 1 heterocycles. The summed E-state index contributed by atoms with van der Waals surface area (Å²) in [5.74, 6) is -0.0966. The third-order valence-corrected chi connectivity index (χ3v) is 5.48. The van der Waals surface area contributed by atoms with E-state index in [1.54, 1.807) is 0 Å². The van der Waals surface area contributed by atoms with E-state index in [-0.39, 0.29) is 23.0 Å². The Bertz CT molecular complexity index is 638. The fraction of sp³-hybridized carbons (Fsp3) is 0.500. The Hall–Kier alpha value is -1.57. The minimum atomic E-state index is -4.43. The summed E-state index contributed by atoms with van der Waals surface area (Å²) >= 11 is 0. The third kappa shape index (κ3) is 4.46. The zero-order valence-corrected chi connectivity index (χ0v) is 12.5. The van der Waals surface area contributed by atoms with Crippen LogP contribution < -0.4 is 5.32 Å². The van der Waals surface area contributed by atoms with Crippen molar-refractivity contribution in [1.82, 2.24) is 5.32 Å². The molecule has 1 unspecified atom stereocenters. The lowest BCUT2D eigenvalue weighted by Gasteiger charge is -2.10. The Morgan fingerprint density at radius 1 is 1.23 bits per heavy atom. The third-order valence-electron chi connectivity index (χ3n) is 3.64. The molecule has 1 aromatic rings. The van der Waals surface area contributed by atoms with E-state index in [0.29, 0.717) is 19.4 Å². The summed E-state index contributed by atoms with van der Waals surface area (Å²) in [6.45, 7) is 0.306. The molecule has 0 bridgehead atoms. The Labute approximate surface area is 126 Å². The van der Waals surface area contributed by atoms with Crippen LogP contribution in [0, 0.1) is 5.92 Å². The number of benzene rings is 1. The average molecular weight is 335 g/mol. The highest BCUT2D eigenvalue weighted by Crippen LogP contribution is 2.29. The lowest BCUT2D eigenvalue weighted by Crippen LogP contribution is -2.26. The summed E-state index contributed by atoms with van der Waals surface area (Å²) in [6, 6.07) is 3.97. The fourth-order valence-corrected chi connectivity index (χ4v) is 4.31. The van der Waals surface area contributed by atoms with Crippen molar-refractivity contribution in [1.29, 1.82) is 0 Å². The molecule has 1 atom stereocenters. The number of carbonyl (C=O) groups excluding carboxylic acids is 1. The van der Waals surface area contributed by atoms with Crippen molar-refractivity contribution in [2.45, 2.75) is 19.0 Å². The molecule has 1 amide bonds. The number of nitrogens with one attached hydrogen (secondary N) is 1. The van der Waals surface area contributed by atoms with Gasteiger partial charge in [-0.2, -0.15) is 13.2 Å². The summed E-state index contributed by atoms with van der Waals surface area (Å²) < 4.78 is 59.8. The van der Waals surface area contributed by atoms with Crippen LogP contribution in [0.1, 0.15) is 28.8 Å². The minimum Gasteiger partial charge on any atom is -0.352 e. The maximum Gasteiger partial charge on any atom is 0.416 e. The molecule has 2 rings (SSSR count). The van der Waals surface area contributed by atoms with E-state index in [9.17, 15) is 26.4 Å². The fourth-order valence-electron chi connectivity index (χ4n) is 2.40. The average Bonchev–Trinajstić information content (AvgIpc) is 2.77. The van der Waals surface area contributed by atoms with Crippen molar-refractivity contribution in [3.05, 3.63) is 35.4 Å². The van der Waals surface area contributed by atoms with Crippen LogP contribution in [-0.2, 0) is 16.0 Å². The van der Waals surface area contributed by atoms with Crippen molar-refractivity contribution in [2.24, 2.45) is 5.92 Å². The number of alkyl halides is 3. The van der Waals surface area contributed by atoms with Gasteiger partial charge >= 0.3 is 6.18 Å². The number of sulfone groups is 1. The van der Waals surface area contributed by atoms with Gasteiger partial charge < -0.3 is 5.32 Å². The molecule has 1 fully saturated rings. The first-order valence-corrected chi connectivity index (χ1v) is 8.65. The zero-order valence-electron chi connectivity index (χ0n) is 11.7. The molecule has 22 heavy (non-hydrogen) atoms. The van der Waals surface area contributed by atoms with Crippen molar-refractivity contribution >= 4 is 15.7 Å². The second-order valence-electron chi connectivity index (χ2n) is 5.39. The van der Waals surface area contributed by atoms with Crippen LogP contribution >= 0.6 is 0 Å². The molecule has 0 saturated carbocycles. The van der Waals surface area contributed by atoms with E-state index in [1.165, 1.54) is 0 Å². The van der Waals surface area contributed by atoms with Crippen LogP contribution in [0.3, 0.4) is 0 Å². The van der Waals surface area contributed by atoms with Crippen molar-refractivity contribution in [3.63, 3.8) is 0 Å². The Balaban J connectivity index is 1.83. The molecule has 1 saturated heterocycles. The predicted molar refractivity (Wildman–Crippen MR) is 75.2 cm³/mol. The first kappa shape index (κ1) is 16.8. The van der Waals surface area contributed by atoms with Crippen molar-refractivity contribution < 1.29 is 26.4 Å². The summed E-state index contributed by atoms with van der Waals surface area (Å²) in [5, 5.41) is 2.60. The van der Waals surface area contributed by atoms with Gasteiger partial charge in [-0.05, 0) is 43.0 Å². The number of hydrogen-bond donors (Lipinski definition) is 1. The quantitative estimate of drug-likeness (QED) is 0.918. The van der Waals surface area contributed by atoms with Gasteiger partial charge in [-0.25, -0.2) is 8.42 Å². The van der Waals surface area contributed by atoms with Gasteiger partial charge in [0.25, 0.3) is 5.91 Å². The summed E-state index contributed by atoms with van der Waals surface area (Å²) in [6.07, 6.45) is -3.28. The van der Waals surface area contributed by atoms with Crippen molar-refractivity contribution in [3.8, 4) is 0 Å². The maximum absolute atomic E-state index is 12.4. The predicted octanol–water partition coefficient (Wildman–Crippen LogP) is 2.26. The number of amides is 1. The number of rotatable bonds is 4. The van der Waals surface area contributed by atoms with E-state index >= 15 is 0 Å². The van der Waals surface area contributed by atoms with Gasteiger partial charge in [0.15, 0.2) is 9.84 Å². The van der Waals surface area contributed by atoms with Crippen LogP contribution in [0.4, 0.5) is 13.2 Å². The summed E-state index contributed by atoms with van der Waals surface area (Å²) in [7, 11) is -2.94. The minimum absolute atomic E-state index is 0.0397. The van der Waals surface area contributed by atoms with Gasteiger partial charge in [-0.3, -0.25) is 4.79 Å². The molecule has 122 valence electrons. The highest BCUT2D eigenvalue weighted by Gasteiger charge is 2.30. The normalized spacial score (nSPS) is 20.8. The topological polar surface area (TPSA) is 63.2 Å². The SMILES string of the molecule is O=C(NCCC1CCS(=O)(=O)C1)c1ccc(C(F)(F)F)cc1. The molecule has 0 aromatic heterocycles. The zero-order chi connectivity index (χ0) is 16.4. The number of hydrogen-bond acceptors (Lipinski definition) is 3. The molecule has 0 radical (unpaired) electrons. The molecular weight excluding hydrogens is 319 g/mol. The first-order valence-electron chi connectivity index (χ1n) is 6.83. The van der Waals surface area contributed by atoms with Gasteiger partial charge in [-0.1, -0.05) is 0 Å². The lowest BCUT2D eigenvalue weighted by molar-refractivity contribution is -0.137. The number of halogens is 3. The van der Waals surface area contributed by atoms with E-state index < -0.39 is 27.5 Å².